The summed E-state index contributed by atoms with van der Waals surface area (Å²) >= 11 is 1.40. The summed E-state index contributed by atoms with van der Waals surface area (Å²) in [7, 11) is 1.54. The first-order valence-electron chi connectivity index (χ1n) is 5.72. The van der Waals surface area contributed by atoms with Gasteiger partial charge in [0.1, 0.15) is 23.5 Å². The Hall–Kier alpha value is -2.46. The molecule has 20 heavy (non-hydrogen) atoms. The Morgan fingerprint density at radius 3 is 2.55 bits per heavy atom. The fraction of sp³-hybridized carbons (Fsp3) is 0.154. The van der Waals surface area contributed by atoms with Crippen LogP contribution in [0.1, 0.15) is 11.1 Å². The molecule has 1 aromatic heterocycles. The summed E-state index contributed by atoms with van der Waals surface area (Å²) in [6.45, 7) is 0. The first-order chi connectivity index (χ1) is 9.62. The lowest BCUT2D eigenvalue weighted by Gasteiger charge is -2.06. The van der Waals surface area contributed by atoms with Crippen LogP contribution in [-0.2, 0) is 5.75 Å². The van der Waals surface area contributed by atoms with Gasteiger partial charge in [0, 0.05) is 11.8 Å². The van der Waals surface area contributed by atoms with Crippen molar-refractivity contribution in [3.8, 4) is 11.8 Å². The van der Waals surface area contributed by atoms with E-state index in [1.165, 1.54) is 24.9 Å². The Morgan fingerprint density at radius 2 is 1.95 bits per heavy atom. The predicted octanol–water partition coefficient (Wildman–Crippen LogP) is 1.81. The van der Waals surface area contributed by atoms with Crippen molar-refractivity contribution in [1.82, 2.24) is 9.97 Å². The highest BCUT2D eigenvalue weighted by molar-refractivity contribution is 7.98. The van der Waals surface area contributed by atoms with Gasteiger partial charge in [0.15, 0.2) is 5.16 Å². The number of nitriles is 1. The van der Waals surface area contributed by atoms with E-state index in [0.717, 1.165) is 5.56 Å². The number of methoxy groups -OCH3 is 1. The zero-order valence-corrected chi connectivity index (χ0v) is 11.6. The quantitative estimate of drug-likeness (QED) is 0.651. The van der Waals surface area contributed by atoms with E-state index in [1.54, 1.807) is 12.1 Å². The van der Waals surface area contributed by atoms with Crippen LogP contribution in [0.2, 0.25) is 0 Å². The third-order valence-corrected chi connectivity index (χ3v) is 3.42. The van der Waals surface area contributed by atoms with Crippen LogP contribution in [0, 0.1) is 11.3 Å². The Kier molecular flexibility index (Phi) is 4.27. The number of hydrogen-bond acceptors (Lipinski definition) is 7. The monoisotopic (exact) mass is 287 g/mol. The van der Waals surface area contributed by atoms with Crippen LogP contribution < -0.4 is 16.2 Å². The van der Waals surface area contributed by atoms with Crippen LogP contribution in [-0.4, -0.2) is 17.1 Å². The van der Waals surface area contributed by atoms with E-state index in [2.05, 4.69) is 16.0 Å². The Bertz CT molecular complexity index is 648. The van der Waals surface area contributed by atoms with Gasteiger partial charge in [-0.25, -0.2) is 9.97 Å². The number of rotatable bonds is 4. The first-order valence-corrected chi connectivity index (χ1v) is 6.71. The van der Waals surface area contributed by atoms with E-state index in [1.807, 2.05) is 6.07 Å². The van der Waals surface area contributed by atoms with Crippen molar-refractivity contribution in [3.05, 3.63) is 35.4 Å². The third kappa shape index (κ3) is 3.30. The summed E-state index contributed by atoms with van der Waals surface area (Å²) in [5.41, 5.74) is 12.7. The Balaban J connectivity index is 2.13. The van der Waals surface area contributed by atoms with Crippen LogP contribution in [0.4, 0.5) is 11.6 Å². The van der Waals surface area contributed by atoms with Crippen molar-refractivity contribution >= 4 is 23.4 Å². The fourth-order valence-electron chi connectivity index (χ4n) is 1.61. The van der Waals surface area contributed by atoms with Gasteiger partial charge in [0.25, 0.3) is 0 Å². The number of nitrogens with two attached hydrogens (primary N) is 2. The maximum absolute atomic E-state index is 9.04. The number of ether oxygens (including phenoxy) is 1. The van der Waals surface area contributed by atoms with Crippen LogP contribution in [0.3, 0.4) is 0 Å². The van der Waals surface area contributed by atoms with Crippen molar-refractivity contribution in [2.24, 2.45) is 0 Å². The van der Waals surface area contributed by atoms with Crippen molar-refractivity contribution < 1.29 is 4.74 Å². The average molecular weight is 287 g/mol. The molecule has 0 aliphatic heterocycles. The van der Waals surface area contributed by atoms with Gasteiger partial charge >= 0.3 is 0 Å². The second-order valence-corrected chi connectivity index (χ2v) is 4.88. The lowest BCUT2D eigenvalue weighted by molar-refractivity contribution is 0.413. The molecule has 0 aliphatic carbocycles. The zero-order chi connectivity index (χ0) is 14.5. The normalized spacial score (nSPS) is 10.0. The van der Waals surface area contributed by atoms with Crippen LogP contribution >= 0.6 is 11.8 Å². The van der Waals surface area contributed by atoms with Crippen molar-refractivity contribution in [3.63, 3.8) is 0 Å². The van der Waals surface area contributed by atoms with Gasteiger partial charge in [-0.2, -0.15) is 5.26 Å². The summed E-state index contributed by atoms with van der Waals surface area (Å²) in [6.07, 6.45) is 0. The molecule has 2 rings (SSSR count). The van der Waals surface area contributed by atoms with E-state index in [-0.39, 0.29) is 0 Å². The summed E-state index contributed by atoms with van der Waals surface area (Å²) < 4.78 is 5.10. The first kappa shape index (κ1) is 14.0. The van der Waals surface area contributed by atoms with Gasteiger partial charge in [0.2, 0.25) is 0 Å². The molecule has 4 N–H and O–H groups in total. The maximum Gasteiger partial charge on any atom is 0.191 e. The molecule has 0 fully saturated rings. The average Bonchev–Trinajstić information content (AvgIpc) is 2.43. The molecule has 0 saturated heterocycles. The minimum absolute atomic E-state index is 0.340. The standard InChI is InChI=1S/C13H13N5OS/c1-19-10-3-2-8(4-9(10)6-14)7-20-13-17-11(15)5-12(16)18-13/h2-5H,7H2,1H3,(H4,15,16,17,18). The number of aromatic nitrogens is 2. The number of benzene rings is 1. The van der Waals surface area contributed by atoms with Gasteiger partial charge in [-0.05, 0) is 17.7 Å². The smallest absolute Gasteiger partial charge is 0.191 e. The molecule has 7 heteroatoms. The molecule has 0 bridgehead atoms. The third-order valence-electron chi connectivity index (χ3n) is 2.50. The molecule has 0 atom stereocenters. The second kappa shape index (κ2) is 6.12. The van der Waals surface area contributed by atoms with E-state index >= 15 is 0 Å². The molecular weight excluding hydrogens is 274 g/mol. The van der Waals surface area contributed by atoms with Crippen LogP contribution in [0.25, 0.3) is 0 Å². The highest BCUT2D eigenvalue weighted by Gasteiger charge is 2.06. The molecule has 1 aromatic carbocycles. The molecular formula is C13H13N5OS. The predicted molar refractivity (Wildman–Crippen MR) is 78.1 cm³/mol. The molecule has 0 aliphatic rings. The summed E-state index contributed by atoms with van der Waals surface area (Å²) in [6, 6.07) is 9.04. The van der Waals surface area contributed by atoms with Crippen molar-refractivity contribution in [1.29, 1.82) is 5.26 Å². The lowest BCUT2D eigenvalue weighted by Crippen LogP contribution is -1.99. The zero-order valence-electron chi connectivity index (χ0n) is 10.8. The van der Waals surface area contributed by atoms with Gasteiger partial charge in [0.05, 0.1) is 12.7 Å². The number of nitrogen functional groups attached to an aromatic ring is 2. The van der Waals surface area contributed by atoms with Gasteiger partial charge in [-0.3, -0.25) is 0 Å². The highest BCUT2D eigenvalue weighted by atomic mass is 32.2. The second-order valence-electron chi connectivity index (χ2n) is 3.94. The SMILES string of the molecule is COc1ccc(CSc2nc(N)cc(N)n2)cc1C#N. The molecule has 0 radical (unpaired) electrons. The molecule has 6 nitrogen and oxygen atoms in total. The van der Waals surface area contributed by atoms with Gasteiger partial charge < -0.3 is 16.2 Å². The van der Waals surface area contributed by atoms with Crippen LogP contribution in [0.5, 0.6) is 5.75 Å². The topological polar surface area (TPSA) is 111 Å². The molecule has 0 spiro atoms. The molecule has 0 unspecified atom stereocenters. The maximum atomic E-state index is 9.04. The van der Waals surface area contributed by atoms with E-state index in [0.29, 0.717) is 33.9 Å². The number of nitrogens with zero attached hydrogens (tertiary/aromatic N) is 3. The number of hydrogen-bond donors (Lipinski definition) is 2. The molecule has 0 amide bonds. The van der Waals surface area contributed by atoms with Crippen molar-refractivity contribution in [2.75, 3.05) is 18.6 Å². The molecule has 2 aromatic rings. The lowest BCUT2D eigenvalue weighted by atomic mass is 10.1. The molecule has 1 heterocycles. The molecule has 0 saturated carbocycles. The number of thioether (sulfide) groups is 1. The summed E-state index contributed by atoms with van der Waals surface area (Å²) in [5.74, 6) is 1.85. The minimum atomic E-state index is 0.340. The molecule has 102 valence electrons. The Morgan fingerprint density at radius 1 is 1.25 bits per heavy atom. The van der Waals surface area contributed by atoms with Gasteiger partial charge in [-0.1, -0.05) is 17.8 Å². The fourth-order valence-corrected chi connectivity index (χ4v) is 2.42. The van der Waals surface area contributed by atoms with E-state index in [4.69, 9.17) is 21.5 Å². The van der Waals surface area contributed by atoms with Crippen LogP contribution in [0.15, 0.2) is 29.4 Å². The Labute approximate surface area is 120 Å². The number of anilines is 2. The van der Waals surface area contributed by atoms with Crippen molar-refractivity contribution in [2.45, 2.75) is 10.9 Å². The summed E-state index contributed by atoms with van der Waals surface area (Å²) in [4.78, 5) is 8.17. The van der Waals surface area contributed by atoms with Gasteiger partial charge in [-0.15, -0.1) is 0 Å². The highest BCUT2D eigenvalue weighted by Crippen LogP contribution is 2.25. The summed E-state index contributed by atoms with van der Waals surface area (Å²) in [5, 5.41) is 9.55. The van der Waals surface area contributed by atoms with E-state index in [9.17, 15) is 0 Å². The largest absolute Gasteiger partial charge is 0.495 e. The minimum Gasteiger partial charge on any atom is -0.495 e. The van der Waals surface area contributed by atoms with E-state index < -0.39 is 0 Å².